The molecular formula is C10H18FNO. The van der Waals surface area contributed by atoms with Crippen molar-refractivity contribution in [2.45, 2.75) is 25.3 Å². The minimum Gasteiger partial charge on any atom is -0.384 e. The van der Waals surface area contributed by atoms with Crippen LogP contribution in [0.3, 0.4) is 0 Å². The van der Waals surface area contributed by atoms with Crippen LogP contribution in [0, 0.1) is 5.41 Å². The van der Waals surface area contributed by atoms with E-state index in [0.717, 1.165) is 26.1 Å². The highest BCUT2D eigenvalue weighted by Crippen LogP contribution is 2.47. The molecule has 0 N–H and O–H groups in total. The average molecular weight is 187 g/mol. The van der Waals surface area contributed by atoms with Crippen molar-refractivity contribution in [2.24, 2.45) is 5.41 Å². The molecule has 1 aliphatic heterocycles. The molecule has 0 aromatic carbocycles. The van der Waals surface area contributed by atoms with Crippen LogP contribution in [0.1, 0.15) is 19.3 Å². The summed E-state index contributed by atoms with van der Waals surface area (Å²) in [5, 5.41) is 0. The lowest BCUT2D eigenvalue weighted by molar-refractivity contribution is 0.0266. The Morgan fingerprint density at radius 3 is 2.69 bits per heavy atom. The molecule has 0 aromatic heterocycles. The summed E-state index contributed by atoms with van der Waals surface area (Å²) >= 11 is 0. The first-order chi connectivity index (χ1) is 6.29. The van der Waals surface area contributed by atoms with E-state index in [1.54, 1.807) is 7.11 Å². The molecule has 3 heteroatoms. The van der Waals surface area contributed by atoms with E-state index < -0.39 is 0 Å². The average Bonchev–Trinajstić information content (AvgIpc) is 2.82. The van der Waals surface area contributed by atoms with Crippen LogP contribution in [0.4, 0.5) is 4.39 Å². The second kappa shape index (κ2) is 3.54. The van der Waals surface area contributed by atoms with Gasteiger partial charge in [-0.05, 0) is 19.3 Å². The van der Waals surface area contributed by atoms with Crippen LogP contribution in [0.25, 0.3) is 0 Å². The SMILES string of the molecule is COCC1(CN2CCC2CF)CC1. The van der Waals surface area contributed by atoms with Gasteiger partial charge in [0.25, 0.3) is 0 Å². The highest BCUT2D eigenvalue weighted by molar-refractivity contribution is 4.98. The Hall–Kier alpha value is -0.150. The molecule has 0 spiro atoms. The van der Waals surface area contributed by atoms with Crippen molar-refractivity contribution in [3.63, 3.8) is 0 Å². The van der Waals surface area contributed by atoms with Crippen molar-refractivity contribution in [3.05, 3.63) is 0 Å². The highest BCUT2D eigenvalue weighted by Gasteiger charge is 2.46. The van der Waals surface area contributed by atoms with Crippen LogP contribution in [-0.2, 0) is 4.74 Å². The Morgan fingerprint density at radius 1 is 1.54 bits per heavy atom. The van der Waals surface area contributed by atoms with Gasteiger partial charge in [-0.3, -0.25) is 4.90 Å². The number of ether oxygens (including phenoxy) is 1. The van der Waals surface area contributed by atoms with Gasteiger partial charge in [-0.15, -0.1) is 0 Å². The monoisotopic (exact) mass is 187 g/mol. The summed E-state index contributed by atoms with van der Waals surface area (Å²) < 4.78 is 17.6. The quantitative estimate of drug-likeness (QED) is 0.646. The maximum atomic E-state index is 12.4. The molecule has 2 rings (SSSR count). The molecule has 0 amide bonds. The Balaban J connectivity index is 1.77. The fourth-order valence-corrected chi connectivity index (χ4v) is 2.14. The maximum absolute atomic E-state index is 12.4. The summed E-state index contributed by atoms with van der Waals surface area (Å²) in [4.78, 5) is 2.27. The van der Waals surface area contributed by atoms with Gasteiger partial charge in [-0.2, -0.15) is 0 Å². The largest absolute Gasteiger partial charge is 0.384 e. The first-order valence-electron chi connectivity index (χ1n) is 5.09. The number of nitrogens with zero attached hydrogens (tertiary/aromatic N) is 1. The lowest BCUT2D eigenvalue weighted by Crippen LogP contribution is -2.51. The molecule has 1 saturated carbocycles. The van der Waals surface area contributed by atoms with Crippen molar-refractivity contribution in [2.75, 3.05) is 33.5 Å². The predicted molar refractivity (Wildman–Crippen MR) is 49.5 cm³/mol. The van der Waals surface area contributed by atoms with Crippen LogP contribution in [0.5, 0.6) is 0 Å². The Labute approximate surface area is 79.1 Å². The third-order valence-corrected chi connectivity index (χ3v) is 3.39. The van der Waals surface area contributed by atoms with Gasteiger partial charge in [0, 0.05) is 31.7 Å². The minimum absolute atomic E-state index is 0.178. The molecule has 2 aliphatic rings. The van der Waals surface area contributed by atoms with Gasteiger partial charge in [0.15, 0.2) is 0 Å². The van der Waals surface area contributed by atoms with E-state index in [-0.39, 0.29) is 12.7 Å². The normalized spacial score (nSPS) is 31.4. The highest BCUT2D eigenvalue weighted by atomic mass is 19.1. The molecule has 2 nitrogen and oxygen atoms in total. The first-order valence-corrected chi connectivity index (χ1v) is 5.09. The summed E-state index contributed by atoms with van der Waals surface area (Å²) in [6, 6.07) is 0.217. The molecular weight excluding hydrogens is 169 g/mol. The standard InChI is InChI=1S/C10H18FNO/c1-13-8-10(3-4-10)7-12-5-2-9(12)6-11/h9H,2-8H2,1H3. The van der Waals surface area contributed by atoms with E-state index in [1.807, 2.05) is 0 Å². The van der Waals surface area contributed by atoms with E-state index in [4.69, 9.17) is 4.74 Å². The zero-order valence-corrected chi connectivity index (χ0v) is 8.26. The summed E-state index contributed by atoms with van der Waals surface area (Å²) in [6.45, 7) is 2.81. The number of methoxy groups -OCH3 is 1. The van der Waals surface area contributed by atoms with E-state index in [0.29, 0.717) is 5.41 Å². The molecule has 0 radical (unpaired) electrons. The zero-order valence-electron chi connectivity index (χ0n) is 8.26. The Kier molecular flexibility index (Phi) is 2.56. The summed E-state index contributed by atoms with van der Waals surface area (Å²) in [5.74, 6) is 0. The Bertz CT molecular complexity index is 180. The van der Waals surface area contributed by atoms with Crippen LogP contribution in [0.2, 0.25) is 0 Å². The molecule has 1 saturated heterocycles. The van der Waals surface area contributed by atoms with Crippen molar-refractivity contribution < 1.29 is 9.13 Å². The van der Waals surface area contributed by atoms with E-state index in [9.17, 15) is 4.39 Å². The van der Waals surface area contributed by atoms with Crippen LogP contribution >= 0.6 is 0 Å². The van der Waals surface area contributed by atoms with Crippen molar-refractivity contribution in [1.29, 1.82) is 0 Å². The van der Waals surface area contributed by atoms with Crippen molar-refractivity contribution in [1.82, 2.24) is 4.90 Å². The topological polar surface area (TPSA) is 12.5 Å². The maximum Gasteiger partial charge on any atom is 0.105 e. The van der Waals surface area contributed by atoms with Gasteiger partial charge in [0.1, 0.15) is 6.67 Å². The second-order valence-electron chi connectivity index (χ2n) is 4.50. The lowest BCUT2D eigenvalue weighted by Gasteiger charge is -2.41. The molecule has 0 aromatic rings. The van der Waals surface area contributed by atoms with Gasteiger partial charge in [0.2, 0.25) is 0 Å². The third kappa shape index (κ3) is 1.86. The smallest absolute Gasteiger partial charge is 0.105 e. The molecule has 1 atom stereocenters. The van der Waals surface area contributed by atoms with Gasteiger partial charge in [0.05, 0.1) is 6.61 Å². The molecule has 1 heterocycles. The van der Waals surface area contributed by atoms with Crippen LogP contribution < -0.4 is 0 Å². The van der Waals surface area contributed by atoms with Gasteiger partial charge in [-0.25, -0.2) is 4.39 Å². The predicted octanol–water partition coefficient (Wildman–Crippen LogP) is 1.46. The fraction of sp³-hybridized carbons (Fsp3) is 1.00. The van der Waals surface area contributed by atoms with Crippen molar-refractivity contribution >= 4 is 0 Å². The number of rotatable bonds is 5. The van der Waals surface area contributed by atoms with Crippen LogP contribution in [-0.4, -0.2) is 44.4 Å². The lowest BCUT2D eigenvalue weighted by atomic mass is 9.99. The molecule has 0 bridgehead atoms. The molecule has 2 fully saturated rings. The molecule has 1 unspecified atom stereocenters. The van der Waals surface area contributed by atoms with Gasteiger partial charge < -0.3 is 4.74 Å². The third-order valence-electron chi connectivity index (χ3n) is 3.39. The van der Waals surface area contributed by atoms with E-state index in [2.05, 4.69) is 4.90 Å². The minimum atomic E-state index is -0.178. The van der Waals surface area contributed by atoms with E-state index in [1.165, 1.54) is 12.8 Å². The second-order valence-corrected chi connectivity index (χ2v) is 4.50. The zero-order chi connectivity index (χ0) is 9.31. The fourth-order valence-electron chi connectivity index (χ4n) is 2.14. The number of halogens is 1. The molecule has 13 heavy (non-hydrogen) atoms. The summed E-state index contributed by atoms with van der Waals surface area (Å²) in [6.07, 6.45) is 3.56. The first kappa shape index (κ1) is 9.41. The van der Waals surface area contributed by atoms with Crippen molar-refractivity contribution in [3.8, 4) is 0 Å². The number of hydrogen-bond donors (Lipinski definition) is 0. The van der Waals surface area contributed by atoms with Gasteiger partial charge >= 0.3 is 0 Å². The number of likely N-dealkylation sites (tertiary alicyclic amines) is 1. The van der Waals surface area contributed by atoms with Gasteiger partial charge in [-0.1, -0.05) is 0 Å². The number of hydrogen-bond acceptors (Lipinski definition) is 2. The molecule has 76 valence electrons. The molecule has 1 aliphatic carbocycles. The summed E-state index contributed by atoms with van der Waals surface area (Å²) in [7, 11) is 1.75. The summed E-state index contributed by atoms with van der Waals surface area (Å²) in [5.41, 5.74) is 0.391. The Morgan fingerprint density at radius 2 is 2.31 bits per heavy atom. The number of alkyl halides is 1. The van der Waals surface area contributed by atoms with Crippen LogP contribution in [0.15, 0.2) is 0 Å². The van der Waals surface area contributed by atoms with E-state index >= 15 is 0 Å².